The molecule has 0 aromatic heterocycles. The summed E-state index contributed by atoms with van der Waals surface area (Å²) in [6.45, 7) is 2.59. The fourth-order valence-electron chi connectivity index (χ4n) is 4.90. The molecule has 0 radical (unpaired) electrons. The highest BCUT2D eigenvalue weighted by molar-refractivity contribution is 6.30. The Morgan fingerprint density at radius 2 is 1.94 bits per heavy atom. The molecule has 0 spiro atoms. The van der Waals surface area contributed by atoms with Gasteiger partial charge in [-0.3, -0.25) is 4.79 Å². The highest BCUT2D eigenvalue weighted by Gasteiger charge is 2.43. The van der Waals surface area contributed by atoms with Crippen LogP contribution in [0.1, 0.15) is 24.0 Å². The maximum atomic E-state index is 13.3. The first-order valence-electron chi connectivity index (χ1n) is 11.0. The summed E-state index contributed by atoms with van der Waals surface area (Å²) < 4.78 is 40.0. The van der Waals surface area contributed by atoms with Gasteiger partial charge in [-0.2, -0.15) is 13.2 Å². The average molecular weight is 464 g/mol. The fraction of sp³-hybridized carbons (Fsp3) is 0.458. The molecule has 5 rings (SSSR count). The minimum atomic E-state index is -4.40. The maximum Gasteiger partial charge on any atom is 0.416 e. The zero-order valence-corrected chi connectivity index (χ0v) is 18.3. The lowest BCUT2D eigenvalue weighted by molar-refractivity contribution is -0.137. The molecule has 1 saturated heterocycles. The molecule has 2 fully saturated rings. The van der Waals surface area contributed by atoms with Gasteiger partial charge in [-0.1, -0.05) is 17.7 Å². The van der Waals surface area contributed by atoms with E-state index in [-0.39, 0.29) is 11.9 Å². The molecule has 2 aromatic carbocycles. The standard InChI is InChI=1S/C24H25ClF3N3O/c25-18-2-1-3-19(12-18)30-8-9-31-21-7-6-17(24(26,27)28)10-16(21)11-20(22(31)14-30)23(32)29-13-15-4-5-15/h1-3,6-7,10,12,15,20,22H,4-5,8-9,11,13-14H2,(H,29,32)/t20-,22-/m1/s1. The number of nitrogens with one attached hydrogen (secondary N) is 1. The molecule has 0 unspecified atom stereocenters. The van der Waals surface area contributed by atoms with E-state index in [1.165, 1.54) is 6.07 Å². The molecular weight excluding hydrogens is 439 g/mol. The van der Waals surface area contributed by atoms with Crippen LogP contribution in [0.5, 0.6) is 0 Å². The predicted molar refractivity (Wildman–Crippen MR) is 119 cm³/mol. The Bertz CT molecular complexity index is 1020. The second-order valence-electron chi connectivity index (χ2n) is 9.03. The van der Waals surface area contributed by atoms with Crippen LogP contribution in [-0.2, 0) is 17.4 Å². The van der Waals surface area contributed by atoms with E-state index < -0.39 is 17.7 Å². The number of halogens is 4. The molecular formula is C24H25ClF3N3O. The number of alkyl halides is 3. The molecule has 2 aliphatic heterocycles. The summed E-state index contributed by atoms with van der Waals surface area (Å²) >= 11 is 6.18. The third-order valence-electron chi connectivity index (χ3n) is 6.81. The number of piperazine rings is 1. The molecule has 2 aromatic rings. The van der Waals surface area contributed by atoms with Gasteiger partial charge in [0.05, 0.1) is 17.5 Å². The zero-order valence-electron chi connectivity index (χ0n) is 17.5. The van der Waals surface area contributed by atoms with Gasteiger partial charge < -0.3 is 15.1 Å². The van der Waals surface area contributed by atoms with Crippen LogP contribution in [0.15, 0.2) is 42.5 Å². The number of nitrogens with zero attached hydrogens (tertiary/aromatic N) is 2. The second-order valence-corrected chi connectivity index (χ2v) is 9.46. The lowest BCUT2D eigenvalue weighted by atomic mass is 9.82. The third kappa shape index (κ3) is 4.27. The van der Waals surface area contributed by atoms with Crippen molar-refractivity contribution >= 4 is 28.9 Å². The van der Waals surface area contributed by atoms with Crippen molar-refractivity contribution in [1.29, 1.82) is 0 Å². The van der Waals surface area contributed by atoms with Crippen LogP contribution in [0.4, 0.5) is 24.5 Å². The van der Waals surface area contributed by atoms with Crippen LogP contribution in [0.3, 0.4) is 0 Å². The molecule has 1 amide bonds. The third-order valence-corrected chi connectivity index (χ3v) is 7.05. The number of carbonyl (C=O) groups is 1. The van der Waals surface area contributed by atoms with Gasteiger partial charge in [-0.25, -0.2) is 0 Å². The second kappa shape index (κ2) is 8.18. The van der Waals surface area contributed by atoms with Gasteiger partial charge in [0.1, 0.15) is 0 Å². The average Bonchev–Trinajstić information content (AvgIpc) is 3.60. The SMILES string of the molecule is O=C(NCC1CC1)[C@@H]1Cc2cc(C(F)(F)F)ccc2N2CCN(c3cccc(Cl)c3)C[C@H]12. The van der Waals surface area contributed by atoms with Gasteiger partial charge >= 0.3 is 6.18 Å². The largest absolute Gasteiger partial charge is 0.416 e. The van der Waals surface area contributed by atoms with Crippen LogP contribution in [-0.4, -0.2) is 38.1 Å². The summed E-state index contributed by atoms with van der Waals surface area (Å²) in [5.74, 6) is 0.0618. The van der Waals surface area contributed by atoms with E-state index in [0.29, 0.717) is 49.1 Å². The van der Waals surface area contributed by atoms with E-state index >= 15 is 0 Å². The minimum absolute atomic E-state index is 0.0668. The van der Waals surface area contributed by atoms with Crippen LogP contribution in [0, 0.1) is 11.8 Å². The number of anilines is 2. The molecule has 3 aliphatic rings. The Morgan fingerprint density at radius 3 is 2.66 bits per heavy atom. The lowest BCUT2D eigenvalue weighted by Crippen LogP contribution is -2.61. The first-order valence-corrected chi connectivity index (χ1v) is 11.4. The smallest absolute Gasteiger partial charge is 0.368 e. The van der Waals surface area contributed by atoms with Crippen molar-refractivity contribution in [1.82, 2.24) is 5.32 Å². The van der Waals surface area contributed by atoms with Crippen LogP contribution < -0.4 is 15.1 Å². The quantitative estimate of drug-likeness (QED) is 0.710. The lowest BCUT2D eigenvalue weighted by Gasteiger charge is -2.49. The molecule has 0 bridgehead atoms. The van der Waals surface area contributed by atoms with Gasteiger partial charge in [0.2, 0.25) is 5.91 Å². The molecule has 2 atom stereocenters. The van der Waals surface area contributed by atoms with E-state index in [4.69, 9.17) is 11.6 Å². The summed E-state index contributed by atoms with van der Waals surface area (Å²) in [7, 11) is 0. The number of carbonyl (C=O) groups excluding carboxylic acids is 1. The van der Waals surface area contributed by atoms with Crippen molar-refractivity contribution < 1.29 is 18.0 Å². The number of hydrogen-bond donors (Lipinski definition) is 1. The monoisotopic (exact) mass is 463 g/mol. The Balaban J connectivity index is 1.45. The molecule has 170 valence electrons. The Morgan fingerprint density at radius 1 is 1.12 bits per heavy atom. The van der Waals surface area contributed by atoms with E-state index in [1.807, 2.05) is 24.3 Å². The molecule has 2 heterocycles. The summed E-state index contributed by atoms with van der Waals surface area (Å²) in [4.78, 5) is 17.5. The number of fused-ring (bicyclic) bond motifs is 3. The van der Waals surface area contributed by atoms with Crippen molar-refractivity contribution in [2.24, 2.45) is 11.8 Å². The van der Waals surface area contributed by atoms with E-state index in [2.05, 4.69) is 15.1 Å². The molecule has 4 nitrogen and oxygen atoms in total. The number of hydrogen-bond acceptors (Lipinski definition) is 3. The molecule has 32 heavy (non-hydrogen) atoms. The minimum Gasteiger partial charge on any atom is -0.368 e. The Labute approximate surface area is 190 Å². The van der Waals surface area contributed by atoms with Crippen molar-refractivity contribution in [3.05, 3.63) is 58.6 Å². The van der Waals surface area contributed by atoms with Gasteiger partial charge in [0.25, 0.3) is 0 Å². The number of rotatable bonds is 4. The van der Waals surface area contributed by atoms with Crippen molar-refractivity contribution in [3.8, 4) is 0 Å². The number of benzene rings is 2. The zero-order chi connectivity index (χ0) is 22.5. The van der Waals surface area contributed by atoms with Crippen molar-refractivity contribution in [2.45, 2.75) is 31.5 Å². The predicted octanol–water partition coefficient (Wildman–Crippen LogP) is 4.75. The topological polar surface area (TPSA) is 35.6 Å². The maximum absolute atomic E-state index is 13.3. The number of amides is 1. The van der Waals surface area contributed by atoms with E-state index in [0.717, 1.165) is 30.3 Å². The highest BCUT2D eigenvalue weighted by Crippen LogP contribution is 2.40. The van der Waals surface area contributed by atoms with Crippen molar-refractivity contribution in [2.75, 3.05) is 36.0 Å². The van der Waals surface area contributed by atoms with Crippen LogP contribution in [0.2, 0.25) is 5.02 Å². The van der Waals surface area contributed by atoms with Crippen LogP contribution in [0.25, 0.3) is 0 Å². The summed E-state index contributed by atoms with van der Waals surface area (Å²) in [5, 5.41) is 3.71. The van der Waals surface area contributed by atoms with E-state index in [1.54, 1.807) is 6.07 Å². The Hall–Kier alpha value is -2.41. The highest BCUT2D eigenvalue weighted by atomic mass is 35.5. The van der Waals surface area contributed by atoms with E-state index in [9.17, 15) is 18.0 Å². The fourth-order valence-corrected chi connectivity index (χ4v) is 5.09. The Kier molecular flexibility index (Phi) is 5.48. The summed E-state index contributed by atoms with van der Waals surface area (Å²) in [6, 6.07) is 11.4. The molecule has 1 aliphatic carbocycles. The van der Waals surface area contributed by atoms with Gasteiger partial charge in [0, 0.05) is 42.6 Å². The first kappa shape index (κ1) is 21.4. The van der Waals surface area contributed by atoms with Crippen LogP contribution >= 0.6 is 11.6 Å². The van der Waals surface area contributed by atoms with Crippen molar-refractivity contribution in [3.63, 3.8) is 0 Å². The first-order chi connectivity index (χ1) is 15.3. The summed E-state index contributed by atoms with van der Waals surface area (Å²) in [5.41, 5.74) is 1.73. The molecule has 8 heteroatoms. The molecule has 1 N–H and O–H groups in total. The molecule has 1 saturated carbocycles. The summed E-state index contributed by atoms with van der Waals surface area (Å²) in [6.07, 6.45) is -1.84. The van der Waals surface area contributed by atoms with Gasteiger partial charge in [0.15, 0.2) is 0 Å². The normalized spacial score (nSPS) is 22.9. The van der Waals surface area contributed by atoms with Gasteiger partial charge in [-0.05, 0) is 67.1 Å². The van der Waals surface area contributed by atoms with Gasteiger partial charge in [-0.15, -0.1) is 0 Å².